The van der Waals surface area contributed by atoms with Crippen LogP contribution >= 0.6 is 0 Å². The van der Waals surface area contributed by atoms with Crippen molar-refractivity contribution in [2.75, 3.05) is 13.1 Å². The van der Waals surface area contributed by atoms with Crippen molar-refractivity contribution in [3.63, 3.8) is 0 Å². The third-order valence-corrected chi connectivity index (χ3v) is 3.66. The van der Waals surface area contributed by atoms with Crippen LogP contribution in [-0.4, -0.2) is 35.0 Å². The van der Waals surface area contributed by atoms with Gasteiger partial charge in [-0.1, -0.05) is 5.16 Å². The normalized spacial score (nSPS) is 14.1. The summed E-state index contributed by atoms with van der Waals surface area (Å²) in [4.78, 5) is 27.7. The number of aryl methyl sites for hydroxylation is 1. The lowest BCUT2D eigenvalue weighted by atomic mass is 10.1. The standard InChI is InChI=1S/C15H18N4O3/c1-8-13-11(14(21)17-6-5-16-9(2)20)7-12(10-3-4-10)18-15(13)22-19-8/h7,10H,3-6H2,1-2H3,(H,16,20)(H,17,21). The summed E-state index contributed by atoms with van der Waals surface area (Å²) in [5, 5.41) is 10.00. The van der Waals surface area contributed by atoms with Crippen molar-refractivity contribution in [1.82, 2.24) is 20.8 Å². The van der Waals surface area contributed by atoms with E-state index in [2.05, 4.69) is 20.8 Å². The minimum Gasteiger partial charge on any atom is -0.355 e. The molecule has 1 aliphatic carbocycles. The van der Waals surface area contributed by atoms with Crippen molar-refractivity contribution in [3.8, 4) is 0 Å². The molecule has 2 N–H and O–H groups in total. The van der Waals surface area contributed by atoms with Crippen LogP contribution in [0.25, 0.3) is 11.1 Å². The van der Waals surface area contributed by atoms with Crippen molar-refractivity contribution in [3.05, 3.63) is 23.0 Å². The van der Waals surface area contributed by atoms with E-state index in [0.29, 0.717) is 41.4 Å². The minimum absolute atomic E-state index is 0.119. The summed E-state index contributed by atoms with van der Waals surface area (Å²) in [6.45, 7) is 3.99. The van der Waals surface area contributed by atoms with Crippen molar-refractivity contribution < 1.29 is 14.1 Å². The summed E-state index contributed by atoms with van der Waals surface area (Å²) >= 11 is 0. The third-order valence-electron chi connectivity index (χ3n) is 3.66. The molecule has 22 heavy (non-hydrogen) atoms. The predicted octanol–water partition coefficient (Wildman–Crippen LogP) is 1.27. The van der Waals surface area contributed by atoms with E-state index < -0.39 is 0 Å². The van der Waals surface area contributed by atoms with Crippen molar-refractivity contribution in [2.24, 2.45) is 0 Å². The van der Waals surface area contributed by atoms with Gasteiger partial charge in [-0.05, 0) is 25.8 Å². The van der Waals surface area contributed by atoms with Gasteiger partial charge in [0.05, 0.1) is 16.6 Å². The molecule has 0 atom stereocenters. The van der Waals surface area contributed by atoms with E-state index in [4.69, 9.17) is 4.52 Å². The largest absolute Gasteiger partial charge is 0.355 e. The number of nitrogens with one attached hydrogen (secondary N) is 2. The number of hydrogen-bond acceptors (Lipinski definition) is 5. The number of amides is 2. The van der Waals surface area contributed by atoms with Crippen LogP contribution in [0.2, 0.25) is 0 Å². The molecular weight excluding hydrogens is 284 g/mol. The Labute approximate surface area is 127 Å². The predicted molar refractivity (Wildman–Crippen MR) is 79.5 cm³/mol. The Hall–Kier alpha value is -2.44. The fraction of sp³-hybridized carbons (Fsp3) is 0.467. The molecule has 0 saturated heterocycles. The lowest BCUT2D eigenvalue weighted by molar-refractivity contribution is -0.118. The Morgan fingerprint density at radius 3 is 2.73 bits per heavy atom. The molecule has 0 spiro atoms. The van der Waals surface area contributed by atoms with Crippen LogP contribution in [0, 0.1) is 6.92 Å². The molecule has 0 unspecified atom stereocenters. The molecule has 116 valence electrons. The van der Waals surface area contributed by atoms with Gasteiger partial charge in [0.15, 0.2) is 0 Å². The fourth-order valence-corrected chi connectivity index (χ4v) is 2.39. The van der Waals surface area contributed by atoms with Crippen LogP contribution in [0.5, 0.6) is 0 Å². The SMILES string of the molecule is CC(=O)NCCNC(=O)c1cc(C2CC2)nc2onc(C)c12. The maximum absolute atomic E-state index is 12.4. The van der Waals surface area contributed by atoms with Gasteiger partial charge in [0.1, 0.15) is 0 Å². The van der Waals surface area contributed by atoms with E-state index in [1.807, 2.05) is 6.07 Å². The molecule has 1 fully saturated rings. The van der Waals surface area contributed by atoms with E-state index in [-0.39, 0.29) is 11.8 Å². The number of carbonyl (C=O) groups is 2. The Morgan fingerprint density at radius 2 is 2.05 bits per heavy atom. The second-order valence-electron chi connectivity index (χ2n) is 5.56. The number of fused-ring (bicyclic) bond motifs is 1. The zero-order valence-corrected chi connectivity index (χ0v) is 12.6. The van der Waals surface area contributed by atoms with Crippen LogP contribution in [-0.2, 0) is 4.79 Å². The minimum atomic E-state index is -0.203. The molecule has 1 saturated carbocycles. The summed E-state index contributed by atoms with van der Waals surface area (Å²) in [5.74, 6) is 0.0955. The Kier molecular flexibility index (Phi) is 3.79. The van der Waals surface area contributed by atoms with Gasteiger partial charge in [-0.15, -0.1) is 0 Å². The van der Waals surface area contributed by atoms with Gasteiger partial charge >= 0.3 is 0 Å². The number of aromatic nitrogens is 2. The highest BCUT2D eigenvalue weighted by atomic mass is 16.5. The zero-order chi connectivity index (χ0) is 15.7. The maximum Gasteiger partial charge on any atom is 0.259 e. The summed E-state index contributed by atoms with van der Waals surface area (Å²) in [6.07, 6.45) is 2.18. The molecule has 3 rings (SSSR count). The highest BCUT2D eigenvalue weighted by Gasteiger charge is 2.28. The quantitative estimate of drug-likeness (QED) is 0.811. The van der Waals surface area contributed by atoms with Crippen LogP contribution in [0.3, 0.4) is 0 Å². The lowest BCUT2D eigenvalue weighted by Crippen LogP contribution is -2.33. The highest BCUT2D eigenvalue weighted by molar-refractivity contribution is 6.06. The number of nitrogens with zero attached hydrogens (tertiary/aromatic N) is 2. The second-order valence-corrected chi connectivity index (χ2v) is 5.56. The molecule has 0 radical (unpaired) electrons. The molecular formula is C15H18N4O3. The van der Waals surface area contributed by atoms with E-state index in [0.717, 1.165) is 18.5 Å². The van der Waals surface area contributed by atoms with Gasteiger partial charge in [0, 0.05) is 31.6 Å². The van der Waals surface area contributed by atoms with Gasteiger partial charge < -0.3 is 15.2 Å². The average Bonchev–Trinajstić information content (AvgIpc) is 3.27. The zero-order valence-electron chi connectivity index (χ0n) is 12.6. The van der Waals surface area contributed by atoms with E-state index >= 15 is 0 Å². The molecule has 2 amide bonds. The molecule has 7 nitrogen and oxygen atoms in total. The Morgan fingerprint density at radius 1 is 1.32 bits per heavy atom. The maximum atomic E-state index is 12.4. The first-order valence-corrected chi connectivity index (χ1v) is 7.36. The molecule has 2 heterocycles. The van der Waals surface area contributed by atoms with E-state index in [1.165, 1.54) is 6.92 Å². The van der Waals surface area contributed by atoms with Gasteiger partial charge in [-0.25, -0.2) is 4.98 Å². The van der Waals surface area contributed by atoms with Crippen LogP contribution in [0.15, 0.2) is 10.6 Å². The first kappa shape index (κ1) is 14.5. The average molecular weight is 302 g/mol. The van der Waals surface area contributed by atoms with E-state index in [9.17, 15) is 9.59 Å². The Balaban J connectivity index is 1.82. The molecule has 1 aliphatic rings. The van der Waals surface area contributed by atoms with Gasteiger partial charge in [-0.3, -0.25) is 9.59 Å². The second kappa shape index (κ2) is 5.75. The lowest BCUT2D eigenvalue weighted by Gasteiger charge is -2.08. The highest BCUT2D eigenvalue weighted by Crippen LogP contribution is 2.40. The summed E-state index contributed by atoms with van der Waals surface area (Å²) in [7, 11) is 0. The molecule has 0 bridgehead atoms. The number of hydrogen-bond donors (Lipinski definition) is 2. The first-order valence-electron chi connectivity index (χ1n) is 7.36. The van der Waals surface area contributed by atoms with Crippen molar-refractivity contribution in [1.29, 1.82) is 0 Å². The topological polar surface area (TPSA) is 97.1 Å². The van der Waals surface area contributed by atoms with Crippen molar-refractivity contribution in [2.45, 2.75) is 32.6 Å². The third kappa shape index (κ3) is 2.93. The fourth-order valence-electron chi connectivity index (χ4n) is 2.39. The smallest absolute Gasteiger partial charge is 0.259 e. The Bertz CT molecular complexity index is 734. The van der Waals surface area contributed by atoms with Crippen molar-refractivity contribution >= 4 is 22.9 Å². The molecule has 0 aliphatic heterocycles. The number of pyridine rings is 1. The van der Waals surface area contributed by atoms with Crippen LogP contribution < -0.4 is 10.6 Å². The first-order chi connectivity index (χ1) is 10.6. The van der Waals surface area contributed by atoms with Gasteiger partial charge in [0.2, 0.25) is 5.91 Å². The van der Waals surface area contributed by atoms with Crippen LogP contribution in [0.4, 0.5) is 0 Å². The number of carbonyl (C=O) groups excluding carboxylic acids is 2. The summed E-state index contributed by atoms with van der Waals surface area (Å²) in [6, 6.07) is 1.83. The molecule has 0 aromatic carbocycles. The van der Waals surface area contributed by atoms with Gasteiger partial charge in [-0.2, -0.15) is 0 Å². The molecule has 2 aromatic rings. The molecule has 7 heteroatoms. The van der Waals surface area contributed by atoms with E-state index in [1.54, 1.807) is 6.92 Å². The number of rotatable bonds is 5. The summed E-state index contributed by atoms with van der Waals surface area (Å²) < 4.78 is 5.22. The van der Waals surface area contributed by atoms with Gasteiger partial charge in [0.25, 0.3) is 11.6 Å². The summed E-state index contributed by atoms with van der Waals surface area (Å²) in [5.41, 5.74) is 2.48. The monoisotopic (exact) mass is 302 g/mol. The van der Waals surface area contributed by atoms with Crippen LogP contribution in [0.1, 0.15) is 47.4 Å². The molecule has 2 aromatic heterocycles.